The molecule has 0 atom stereocenters. The Labute approximate surface area is 221 Å². The average molecular weight is 509 g/mol. The third-order valence-electron chi connectivity index (χ3n) is 6.20. The average Bonchev–Trinajstić information content (AvgIpc) is 2.87. The van der Waals surface area contributed by atoms with Gasteiger partial charge in [-0.2, -0.15) is 0 Å². The Bertz CT molecular complexity index is 1030. The summed E-state index contributed by atoms with van der Waals surface area (Å²) in [5.41, 5.74) is 5.27. The molecule has 8 nitrogen and oxygen atoms in total. The minimum absolute atomic E-state index is 0.0237. The maximum absolute atomic E-state index is 10.7. The zero-order chi connectivity index (χ0) is 26.8. The molecule has 3 aromatic rings. The number of anilines is 6. The quantitative estimate of drug-likeness (QED) is 0.0969. The van der Waals surface area contributed by atoms with Gasteiger partial charge in [0.05, 0.1) is 52.7 Å². The molecule has 0 radical (unpaired) electrons. The van der Waals surface area contributed by atoms with Crippen LogP contribution in [-0.4, -0.2) is 64.6 Å². The molecule has 0 aromatic heterocycles. The van der Waals surface area contributed by atoms with Crippen molar-refractivity contribution in [2.24, 2.45) is 0 Å². The van der Waals surface area contributed by atoms with E-state index in [0.717, 1.165) is 61.8 Å². The van der Waals surface area contributed by atoms with Crippen molar-refractivity contribution in [2.45, 2.75) is 19.8 Å². The normalized spacial score (nSPS) is 11.1. The molecule has 37 heavy (non-hydrogen) atoms. The van der Waals surface area contributed by atoms with Crippen molar-refractivity contribution < 1.29 is 20.0 Å². The Morgan fingerprint density at radius 3 is 1.30 bits per heavy atom. The van der Waals surface area contributed by atoms with Crippen molar-refractivity contribution in [3.63, 3.8) is 0 Å². The fourth-order valence-corrected chi connectivity index (χ4v) is 3.99. The lowest BCUT2D eigenvalue weighted by atomic mass is 10.1. The number of hydrogen-bond donors (Lipinski definition) is 8. The number of aromatic hydroxyl groups is 2. The summed E-state index contributed by atoms with van der Waals surface area (Å²) in [5, 5.41) is 34.8. The molecule has 0 aliphatic heterocycles. The van der Waals surface area contributed by atoms with Crippen LogP contribution < -0.4 is 31.1 Å². The van der Waals surface area contributed by atoms with Crippen molar-refractivity contribution in [3.05, 3.63) is 60.2 Å². The topological polar surface area (TPSA) is 97.5 Å². The predicted octanol–water partition coefficient (Wildman–Crippen LogP) is 2.79. The first-order chi connectivity index (χ1) is 17.7. The number of phenolic OH excluding ortho intramolecular Hbond substituents is 2. The summed E-state index contributed by atoms with van der Waals surface area (Å²) in [6, 6.07) is 17.7. The lowest BCUT2D eigenvalue weighted by Crippen LogP contribution is -3.05. The highest BCUT2D eigenvalue weighted by atomic mass is 16.3. The van der Waals surface area contributed by atoms with Crippen LogP contribution in [0.25, 0.3) is 0 Å². The Balaban J connectivity index is 1.63. The highest BCUT2D eigenvalue weighted by Gasteiger charge is 2.15. The van der Waals surface area contributed by atoms with Gasteiger partial charge in [-0.25, -0.2) is 0 Å². The third-order valence-corrected chi connectivity index (χ3v) is 6.20. The number of quaternary nitrogens is 2. The van der Waals surface area contributed by atoms with Gasteiger partial charge < -0.3 is 41.3 Å². The second kappa shape index (κ2) is 13.6. The molecule has 0 amide bonds. The molecule has 0 fully saturated rings. The third kappa shape index (κ3) is 8.77. The first kappa shape index (κ1) is 28.0. The van der Waals surface area contributed by atoms with Crippen LogP contribution in [-0.2, 0) is 0 Å². The smallest absolute Gasteiger partial charge is 0.145 e. The Hall–Kier alpha value is -3.62. The lowest BCUT2D eigenvalue weighted by Gasteiger charge is -2.17. The summed E-state index contributed by atoms with van der Waals surface area (Å²) in [4.78, 5) is 2.89. The molecule has 0 bridgehead atoms. The van der Waals surface area contributed by atoms with E-state index < -0.39 is 0 Å². The van der Waals surface area contributed by atoms with E-state index in [-0.39, 0.29) is 11.5 Å². The Kier molecular flexibility index (Phi) is 10.3. The predicted molar refractivity (Wildman–Crippen MR) is 156 cm³/mol. The summed E-state index contributed by atoms with van der Waals surface area (Å²) in [6.45, 7) is 5.81. The van der Waals surface area contributed by atoms with Crippen LogP contribution in [0.4, 0.5) is 34.1 Å². The molecule has 200 valence electrons. The number of rotatable bonds is 14. The molecule has 3 rings (SSSR count). The van der Waals surface area contributed by atoms with E-state index in [1.165, 1.54) is 9.80 Å². The van der Waals surface area contributed by atoms with Gasteiger partial charge in [0.2, 0.25) is 0 Å². The van der Waals surface area contributed by atoms with Gasteiger partial charge in [0, 0.05) is 54.2 Å². The molecular formula is C29H44N6O2+2. The molecule has 0 spiro atoms. The number of phenols is 2. The molecule has 0 unspecified atom stereocenters. The van der Waals surface area contributed by atoms with Gasteiger partial charge in [-0.05, 0) is 61.5 Å². The van der Waals surface area contributed by atoms with Crippen molar-refractivity contribution >= 4 is 34.1 Å². The fraction of sp³-hybridized carbons (Fsp3) is 0.379. The van der Waals surface area contributed by atoms with Crippen LogP contribution >= 0.6 is 0 Å². The van der Waals surface area contributed by atoms with Crippen LogP contribution in [0.5, 0.6) is 11.5 Å². The van der Waals surface area contributed by atoms with Gasteiger partial charge in [-0.1, -0.05) is 0 Å². The van der Waals surface area contributed by atoms with E-state index in [4.69, 9.17) is 0 Å². The second-order valence-corrected chi connectivity index (χ2v) is 10.2. The summed E-state index contributed by atoms with van der Waals surface area (Å²) in [6.07, 6.45) is 2.21. The second-order valence-electron chi connectivity index (χ2n) is 10.2. The maximum Gasteiger partial charge on any atom is 0.145 e. The minimum atomic E-state index is 0.0237. The van der Waals surface area contributed by atoms with Crippen LogP contribution in [0.1, 0.15) is 18.4 Å². The number of benzene rings is 3. The molecule has 8 N–H and O–H groups in total. The van der Waals surface area contributed by atoms with E-state index in [1.54, 1.807) is 13.0 Å². The molecule has 0 saturated heterocycles. The van der Waals surface area contributed by atoms with Crippen molar-refractivity contribution in [2.75, 3.05) is 75.6 Å². The fourth-order valence-electron chi connectivity index (χ4n) is 3.99. The highest BCUT2D eigenvalue weighted by molar-refractivity contribution is 5.80. The molecule has 0 aliphatic carbocycles. The van der Waals surface area contributed by atoms with Crippen LogP contribution in [0.3, 0.4) is 0 Å². The Morgan fingerprint density at radius 1 is 0.595 bits per heavy atom. The number of nitrogens with one attached hydrogen (secondary N) is 6. The van der Waals surface area contributed by atoms with Crippen LogP contribution in [0, 0.1) is 6.92 Å². The molecule has 3 aromatic carbocycles. The van der Waals surface area contributed by atoms with E-state index >= 15 is 0 Å². The van der Waals surface area contributed by atoms with Gasteiger partial charge in [0.1, 0.15) is 11.5 Å². The van der Waals surface area contributed by atoms with Crippen LogP contribution in [0.2, 0.25) is 0 Å². The van der Waals surface area contributed by atoms with Gasteiger partial charge in [-0.15, -0.1) is 0 Å². The lowest BCUT2D eigenvalue weighted by molar-refractivity contribution is -0.858. The maximum atomic E-state index is 10.7. The van der Waals surface area contributed by atoms with Gasteiger partial charge in [-0.3, -0.25) is 0 Å². The molecule has 0 aliphatic rings. The summed E-state index contributed by atoms with van der Waals surface area (Å²) >= 11 is 0. The first-order valence-electron chi connectivity index (χ1n) is 13.1. The van der Waals surface area contributed by atoms with E-state index in [9.17, 15) is 10.2 Å². The molecule has 0 saturated carbocycles. The van der Waals surface area contributed by atoms with Crippen molar-refractivity contribution in [1.82, 2.24) is 0 Å². The zero-order valence-electron chi connectivity index (χ0n) is 22.8. The largest absolute Gasteiger partial charge is 0.505 e. The molecular weight excluding hydrogens is 464 g/mol. The van der Waals surface area contributed by atoms with Gasteiger partial charge in [0.25, 0.3) is 0 Å². The standard InChI is InChI=1S/C29H42N6O2/c1-21-28(36)26(32-24-12-8-22(9-13-24)30-16-6-18-34(2)3)20-27(29(21)37)33-25-14-10-23(11-15-25)31-17-7-19-35(4)5/h8-15,20,30-33,36-37H,6-7,16-19H2,1-5H3/p+2. The monoisotopic (exact) mass is 508 g/mol. The van der Waals surface area contributed by atoms with E-state index in [0.29, 0.717) is 16.9 Å². The van der Waals surface area contributed by atoms with E-state index in [2.05, 4.69) is 49.5 Å². The SMILES string of the molecule is Cc1c(O)c(Nc2ccc(NCCC[NH+](C)C)cc2)cc(Nc2ccc(NCCC[NH+](C)C)cc2)c1O. The highest BCUT2D eigenvalue weighted by Crippen LogP contribution is 2.42. The first-order valence-corrected chi connectivity index (χ1v) is 13.1. The summed E-state index contributed by atoms with van der Waals surface area (Å²) < 4.78 is 0. The number of hydrogen-bond acceptors (Lipinski definition) is 6. The van der Waals surface area contributed by atoms with Crippen molar-refractivity contribution in [3.8, 4) is 11.5 Å². The van der Waals surface area contributed by atoms with Gasteiger partial charge >= 0.3 is 0 Å². The van der Waals surface area contributed by atoms with Crippen LogP contribution in [0.15, 0.2) is 54.6 Å². The summed E-state index contributed by atoms with van der Waals surface area (Å²) in [7, 11) is 8.63. The zero-order valence-corrected chi connectivity index (χ0v) is 22.8. The molecule has 0 heterocycles. The van der Waals surface area contributed by atoms with Crippen molar-refractivity contribution in [1.29, 1.82) is 0 Å². The van der Waals surface area contributed by atoms with E-state index in [1.807, 2.05) is 48.5 Å². The summed E-state index contributed by atoms with van der Waals surface area (Å²) in [5.74, 6) is 0.0473. The molecule has 8 heteroatoms. The Morgan fingerprint density at radius 2 is 0.946 bits per heavy atom. The van der Waals surface area contributed by atoms with Gasteiger partial charge in [0.15, 0.2) is 0 Å². The minimum Gasteiger partial charge on any atom is -0.505 e.